The van der Waals surface area contributed by atoms with E-state index in [1.165, 1.54) is 0 Å². The summed E-state index contributed by atoms with van der Waals surface area (Å²) in [5.41, 5.74) is 0.993. The average molecular weight is 203 g/mol. The van der Waals surface area contributed by atoms with Crippen LogP contribution in [0.3, 0.4) is 0 Å². The zero-order chi connectivity index (χ0) is 9.84. The highest BCUT2D eigenvalue weighted by Crippen LogP contribution is 2.13. The van der Waals surface area contributed by atoms with E-state index in [9.17, 15) is 0 Å². The minimum Gasteiger partial charge on any atom is -0.393 e. The zero-order valence-corrected chi connectivity index (χ0v) is 8.75. The summed E-state index contributed by atoms with van der Waals surface area (Å²) in [6, 6.07) is 0. The molecule has 0 amide bonds. The van der Waals surface area contributed by atoms with E-state index in [1.54, 1.807) is 13.1 Å². The monoisotopic (exact) mass is 202 g/mol. The van der Waals surface area contributed by atoms with Crippen LogP contribution in [-0.4, -0.2) is 21.0 Å². The Morgan fingerprint density at radius 2 is 2.38 bits per heavy atom. The third kappa shape index (κ3) is 3.01. The van der Waals surface area contributed by atoms with E-state index in [2.05, 4.69) is 5.10 Å². The molecular weight excluding hydrogens is 188 g/mol. The van der Waals surface area contributed by atoms with Crippen LogP contribution in [-0.2, 0) is 6.54 Å². The number of rotatable bonds is 4. The lowest BCUT2D eigenvalue weighted by atomic mass is 10.2. The Morgan fingerprint density at radius 1 is 1.69 bits per heavy atom. The van der Waals surface area contributed by atoms with Crippen molar-refractivity contribution in [3.63, 3.8) is 0 Å². The summed E-state index contributed by atoms with van der Waals surface area (Å²) in [7, 11) is 0. The van der Waals surface area contributed by atoms with Crippen LogP contribution in [0, 0.1) is 6.92 Å². The maximum atomic E-state index is 9.05. The highest BCUT2D eigenvalue weighted by Gasteiger charge is 2.03. The van der Waals surface area contributed by atoms with Gasteiger partial charge in [-0.3, -0.25) is 4.68 Å². The number of aryl methyl sites for hydroxylation is 1. The lowest BCUT2D eigenvalue weighted by Crippen LogP contribution is -2.06. The molecule has 3 nitrogen and oxygen atoms in total. The summed E-state index contributed by atoms with van der Waals surface area (Å²) in [6.07, 6.45) is 3.15. The maximum absolute atomic E-state index is 9.05. The Bertz CT molecular complexity index is 271. The van der Waals surface area contributed by atoms with E-state index in [0.717, 1.165) is 25.1 Å². The number of aliphatic hydroxyl groups excluding tert-OH is 1. The molecule has 1 rings (SSSR count). The van der Waals surface area contributed by atoms with Crippen molar-refractivity contribution >= 4 is 11.6 Å². The first-order valence-electron chi connectivity index (χ1n) is 4.47. The second kappa shape index (κ2) is 4.63. The molecule has 74 valence electrons. The predicted octanol–water partition coefficient (Wildman–Crippen LogP) is 2.01. The second-order valence-electron chi connectivity index (χ2n) is 3.29. The van der Waals surface area contributed by atoms with Gasteiger partial charge >= 0.3 is 0 Å². The van der Waals surface area contributed by atoms with Gasteiger partial charge in [-0.25, -0.2) is 0 Å². The molecule has 1 heterocycles. The lowest BCUT2D eigenvalue weighted by molar-refractivity contribution is 0.179. The predicted molar refractivity (Wildman–Crippen MR) is 52.9 cm³/mol. The van der Waals surface area contributed by atoms with Gasteiger partial charge in [-0.2, -0.15) is 5.10 Å². The van der Waals surface area contributed by atoms with E-state index in [1.807, 2.05) is 11.6 Å². The van der Waals surface area contributed by atoms with Crippen LogP contribution in [0.5, 0.6) is 0 Å². The smallest absolute Gasteiger partial charge is 0.0814 e. The van der Waals surface area contributed by atoms with Crippen molar-refractivity contribution in [3.05, 3.63) is 16.9 Å². The molecule has 1 atom stereocenters. The minimum absolute atomic E-state index is 0.230. The van der Waals surface area contributed by atoms with Crippen molar-refractivity contribution in [1.82, 2.24) is 9.78 Å². The Labute approximate surface area is 83.3 Å². The highest BCUT2D eigenvalue weighted by molar-refractivity contribution is 6.31. The molecule has 0 aliphatic heterocycles. The summed E-state index contributed by atoms with van der Waals surface area (Å²) in [5.74, 6) is 0. The molecule has 0 aliphatic carbocycles. The van der Waals surface area contributed by atoms with Crippen molar-refractivity contribution < 1.29 is 5.11 Å². The number of aliphatic hydroxyl groups is 1. The van der Waals surface area contributed by atoms with Gasteiger partial charge in [0.1, 0.15) is 0 Å². The lowest BCUT2D eigenvalue weighted by Gasteiger charge is -2.05. The molecule has 13 heavy (non-hydrogen) atoms. The molecule has 0 aliphatic rings. The maximum Gasteiger partial charge on any atom is 0.0814 e. The molecule has 0 aromatic carbocycles. The first-order chi connectivity index (χ1) is 6.11. The second-order valence-corrected chi connectivity index (χ2v) is 3.70. The third-order valence-corrected chi connectivity index (χ3v) is 2.41. The fraction of sp³-hybridized carbons (Fsp3) is 0.667. The minimum atomic E-state index is -0.230. The average Bonchev–Trinajstić information content (AvgIpc) is 2.35. The van der Waals surface area contributed by atoms with Crippen LogP contribution < -0.4 is 0 Å². The number of hydrogen-bond acceptors (Lipinski definition) is 2. The Hall–Kier alpha value is -0.540. The Balaban J connectivity index is 2.41. The first kappa shape index (κ1) is 10.5. The molecule has 0 radical (unpaired) electrons. The molecule has 0 fully saturated rings. The quantitative estimate of drug-likeness (QED) is 0.811. The van der Waals surface area contributed by atoms with Crippen LogP contribution in [0.25, 0.3) is 0 Å². The topological polar surface area (TPSA) is 38.0 Å². The molecule has 0 bridgehead atoms. The molecule has 0 spiro atoms. The van der Waals surface area contributed by atoms with Crippen LogP contribution >= 0.6 is 11.6 Å². The van der Waals surface area contributed by atoms with Crippen LogP contribution in [0.2, 0.25) is 5.02 Å². The van der Waals surface area contributed by atoms with Gasteiger partial charge in [0, 0.05) is 6.54 Å². The van der Waals surface area contributed by atoms with Gasteiger partial charge in [0.05, 0.1) is 23.0 Å². The van der Waals surface area contributed by atoms with E-state index in [-0.39, 0.29) is 6.10 Å². The van der Waals surface area contributed by atoms with Crippen molar-refractivity contribution in [2.24, 2.45) is 0 Å². The molecule has 4 heteroatoms. The van der Waals surface area contributed by atoms with Crippen molar-refractivity contribution in [1.29, 1.82) is 0 Å². The number of halogens is 1. The number of aromatic nitrogens is 2. The van der Waals surface area contributed by atoms with Gasteiger partial charge in [-0.05, 0) is 26.7 Å². The number of hydrogen-bond donors (Lipinski definition) is 1. The van der Waals surface area contributed by atoms with Gasteiger partial charge in [0.2, 0.25) is 0 Å². The summed E-state index contributed by atoms with van der Waals surface area (Å²) >= 11 is 5.84. The van der Waals surface area contributed by atoms with Crippen molar-refractivity contribution in [3.8, 4) is 0 Å². The van der Waals surface area contributed by atoms with E-state index in [0.29, 0.717) is 5.02 Å². The van der Waals surface area contributed by atoms with E-state index < -0.39 is 0 Å². The molecule has 1 aromatic rings. The zero-order valence-electron chi connectivity index (χ0n) is 8.00. The van der Waals surface area contributed by atoms with Crippen molar-refractivity contribution in [2.45, 2.75) is 39.3 Å². The molecule has 1 aromatic heterocycles. The molecule has 0 saturated carbocycles. The summed E-state index contributed by atoms with van der Waals surface area (Å²) in [4.78, 5) is 0. The van der Waals surface area contributed by atoms with Crippen LogP contribution in [0.4, 0.5) is 0 Å². The SMILES string of the molecule is Cc1c(Cl)cnn1CCCC(C)O. The van der Waals surface area contributed by atoms with Crippen LogP contribution in [0.15, 0.2) is 6.20 Å². The summed E-state index contributed by atoms with van der Waals surface area (Å²) in [6.45, 7) is 4.56. The van der Waals surface area contributed by atoms with Crippen LogP contribution in [0.1, 0.15) is 25.5 Å². The third-order valence-electron chi connectivity index (χ3n) is 2.04. The van der Waals surface area contributed by atoms with Gasteiger partial charge in [-0.15, -0.1) is 0 Å². The largest absolute Gasteiger partial charge is 0.393 e. The van der Waals surface area contributed by atoms with Gasteiger partial charge in [-0.1, -0.05) is 11.6 Å². The molecule has 0 saturated heterocycles. The van der Waals surface area contributed by atoms with E-state index >= 15 is 0 Å². The Morgan fingerprint density at radius 3 is 2.85 bits per heavy atom. The molecule has 1 unspecified atom stereocenters. The van der Waals surface area contributed by atoms with Gasteiger partial charge in [0.15, 0.2) is 0 Å². The van der Waals surface area contributed by atoms with Gasteiger partial charge < -0.3 is 5.11 Å². The summed E-state index contributed by atoms with van der Waals surface area (Å²) < 4.78 is 1.87. The fourth-order valence-electron chi connectivity index (χ4n) is 1.19. The summed E-state index contributed by atoms with van der Waals surface area (Å²) in [5, 5.41) is 13.9. The molecular formula is C9H15ClN2O. The van der Waals surface area contributed by atoms with Gasteiger partial charge in [0.25, 0.3) is 0 Å². The van der Waals surface area contributed by atoms with Crippen molar-refractivity contribution in [2.75, 3.05) is 0 Å². The molecule has 1 N–H and O–H groups in total. The standard InChI is InChI=1S/C9H15ClN2O/c1-7(13)4-3-5-12-8(2)9(10)6-11-12/h6-7,13H,3-5H2,1-2H3. The normalized spacial score (nSPS) is 13.2. The van der Waals surface area contributed by atoms with E-state index in [4.69, 9.17) is 16.7 Å². The fourth-order valence-corrected chi connectivity index (χ4v) is 1.33. The first-order valence-corrected chi connectivity index (χ1v) is 4.85. The number of nitrogens with zero attached hydrogens (tertiary/aromatic N) is 2. The highest BCUT2D eigenvalue weighted by atomic mass is 35.5. The Kier molecular flexibility index (Phi) is 3.75.